The average molecular weight is 818 g/mol. The van der Waals surface area contributed by atoms with Crippen LogP contribution in [0.25, 0.3) is 0 Å². The second-order valence-corrected chi connectivity index (χ2v) is 11.8. The van der Waals surface area contributed by atoms with Crippen LogP contribution >= 0.6 is 0 Å². The molecule has 6 rings (SSSR count). The van der Waals surface area contributed by atoms with E-state index < -0.39 is 11.9 Å². The molecule has 0 saturated carbocycles. The van der Waals surface area contributed by atoms with E-state index in [2.05, 4.69) is 0 Å². The molecule has 4 aromatic rings. The summed E-state index contributed by atoms with van der Waals surface area (Å²) in [5, 5.41) is 23.4. The van der Waals surface area contributed by atoms with Crippen LogP contribution in [0.3, 0.4) is 0 Å². The Labute approximate surface area is 289 Å². The molecule has 0 atom stereocenters. The van der Waals surface area contributed by atoms with E-state index in [9.17, 15) is 19.8 Å². The summed E-state index contributed by atoms with van der Waals surface area (Å²) in [6.07, 6.45) is 2.39. The first-order valence-corrected chi connectivity index (χ1v) is 15.6. The molecule has 0 aromatic heterocycles. The van der Waals surface area contributed by atoms with Crippen molar-refractivity contribution in [2.24, 2.45) is 0 Å². The molecule has 248 valence electrons. The van der Waals surface area contributed by atoms with Gasteiger partial charge in [-0.2, -0.15) is 0 Å². The summed E-state index contributed by atoms with van der Waals surface area (Å²) in [6, 6.07) is 22.6. The molecule has 2 aliphatic rings. The van der Waals surface area contributed by atoms with Crippen LogP contribution < -0.4 is 19.7 Å². The number of aromatic carboxylic acids is 2. The Kier molecular flexibility index (Phi) is 12.4. The van der Waals surface area contributed by atoms with Crippen LogP contribution in [0.1, 0.15) is 81.8 Å². The third-order valence-corrected chi connectivity index (χ3v) is 7.89. The van der Waals surface area contributed by atoms with Gasteiger partial charge in [0.1, 0.15) is 23.0 Å². The number of fused-ring (bicyclic) bond motifs is 4. The molecule has 0 amide bonds. The number of carboxylic acid groups (broad SMARTS) is 2. The van der Waals surface area contributed by atoms with E-state index in [1.807, 2.05) is 88.4 Å². The molecule has 0 aliphatic carbocycles. The number of ether oxygens (including phenoxy) is 4. The summed E-state index contributed by atoms with van der Waals surface area (Å²) in [4.78, 5) is 23.4. The summed E-state index contributed by atoms with van der Waals surface area (Å²) in [6.45, 7) is 8.78. The summed E-state index contributed by atoms with van der Waals surface area (Å²) in [5.74, 6) is 0.419. The SMILES string of the molecule is CC(C)OCCc1ccc2c(c1C(=O)[O-])Cc1ccccc1O2.CC(C)OCCc1ccc2c(c1C(=O)[O-])Cc1ccccc1O2.[Pt+2]. The second-order valence-electron chi connectivity index (χ2n) is 11.8. The molecule has 0 spiro atoms. The smallest absolute Gasteiger partial charge is 0.545 e. The van der Waals surface area contributed by atoms with Crippen molar-refractivity contribution in [2.75, 3.05) is 13.2 Å². The molecule has 0 bridgehead atoms. The van der Waals surface area contributed by atoms with Crippen molar-refractivity contribution in [3.8, 4) is 23.0 Å². The van der Waals surface area contributed by atoms with Crippen molar-refractivity contribution >= 4 is 11.9 Å². The number of hydrogen-bond donors (Lipinski definition) is 0. The van der Waals surface area contributed by atoms with Gasteiger partial charge in [0.15, 0.2) is 0 Å². The molecule has 0 fully saturated rings. The van der Waals surface area contributed by atoms with Crippen molar-refractivity contribution in [1.82, 2.24) is 0 Å². The molecule has 9 heteroatoms. The first kappa shape index (κ1) is 35.9. The number of rotatable bonds is 10. The molecule has 8 nitrogen and oxygen atoms in total. The van der Waals surface area contributed by atoms with Crippen LogP contribution in [0, 0.1) is 0 Å². The Morgan fingerprint density at radius 3 is 1.36 bits per heavy atom. The van der Waals surface area contributed by atoms with Crippen molar-refractivity contribution in [3.05, 3.63) is 117 Å². The minimum atomic E-state index is -1.16. The van der Waals surface area contributed by atoms with Crippen LogP contribution in [0.4, 0.5) is 0 Å². The molecule has 0 saturated heterocycles. The van der Waals surface area contributed by atoms with Crippen LogP contribution in [-0.4, -0.2) is 37.4 Å². The Hall–Kier alpha value is -3.97. The fourth-order valence-electron chi connectivity index (χ4n) is 5.75. The second kappa shape index (κ2) is 16.2. The molecule has 0 unspecified atom stereocenters. The number of hydrogen-bond acceptors (Lipinski definition) is 8. The van der Waals surface area contributed by atoms with Crippen molar-refractivity contribution < 1.29 is 59.8 Å². The zero-order valence-electron chi connectivity index (χ0n) is 26.9. The van der Waals surface area contributed by atoms with E-state index in [0.717, 1.165) is 33.8 Å². The van der Waals surface area contributed by atoms with Gasteiger partial charge >= 0.3 is 21.1 Å². The van der Waals surface area contributed by atoms with E-state index in [1.54, 1.807) is 12.1 Å². The molecule has 0 N–H and O–H groups in total. The largest absolute Gasteiger partial charge is 2.00 e. The predicted molar refractivity (Wildman–Crippen MR) is 170 cm³/mol. The fourth-order valence-corrected chi connectivity index (χ4v) is 5.75. The normalized spacial score (nSPS) is 12.2. The first-order valence-electron chi connectivity index (χ1n) is 15.6. The van der Waals surface area contributed by atoms with E-state index in [-0.39, 0.29) is 44.4 Å². The van der Waals surface area contributed by atoms with Crippen molar-refractivity contribution in [2.45, 2.75) is 65.6 Å². The minimum absolute atomic E-state index is 0. The van der Waals surface area contributed by atoms with Gasteiger partial charge in [-0.25, -0.2) is 0 Å². The third kappa shape index (κ3) is 8.69. The van der Waals surface area contributed by atoms with E-state index in [0.29, 0.717) is 61.5 Å². The van der Waals surface area contributed by atoms with E-state index in [1.165, 1.54) is 0 Å². The number of carbonyl (C=O) groups is 2. The molecule has 2 aliphatic heterocycles. The Morgan fingerprint density at radius 1 is 0.617 bits per heavy atom. The van der Waals surface area contributed by atoms with Crippen molar-refractivity contribution in [1.29, 1.82) is 0 Å². The van der Waals surface area contributed by atoms with Gasteiger partial charge in [0, 0.05) is 35.1 Å². The van der Waals surface area contributed by atoms with Gasteiger partial charge in [-0.3, -0.25) is 0 Å². The third-order valence-electron chi connectivity index (χ3n) is 7.89. The maximum Gasteiger partial charge on any atom is 2.00 e. The average Bonchev–Trinajstić information content (AvgIpc) is 3.02. The Balaban J connectivity index is 0.000000208. The van der Waals surface area contributed by atoms with E-state index in [4.69, 9.17) is 18.9 Å². The maximum absolute atomic E-state index is 11.7. The summed E-state index contributed by atoms with van der Waals surface area (Å²) < 4.78 is 22.8. The summed E-state index contributed by atoms with van der Waals surface area (Å²) in [5.41, 5.74) is 5.28. The number of benzene rings is 4. The van der Waals surface area contributed by atoms with Gasteiger partial charge in [-0.1, -0.05) is 48.5 Å². The maximum atomic E-state index is 11.7. The molecule has 2 heterocycles. The van der Waals surface area contributed by atoms with Gasteiger partial charge in [0.25, 0.3) is 0 Å². The van der Waals surface area contributed by atoms with E-state index >= 15 is 0 Å². The topological polar surface area (TPSA) is 117 Å². The van der Waals surface area contributed by atoms with Gasteiger partial charge in [-0.15, -0.1) is 0 Å². The molecule has 4 aromatic carbocycles. The van der Waals surface area contributed by atoms with Gasteiger partial charge < -0.3 is 38.7 Å². The van der Waals surface area contributed by atoms with Gasteiger partial charge in [-0.05, 0) is 87.1 Å². The molecular formula is C38H38O8Pt. The van der Waals surface area contributed by atoms with Gasteiger partial charge in [0.05, 0.1) is 37.4 Å². The standard InChI is InChI=1S/2C19H20O4.Pt/c2*1-12(2)22-10-9-13-7-8-17-15(18(13)19(20)21)11-14-5-3-4-6-16(14)23-17;/h2*3-8,12H,9-11H2,1-2H3,(H,20,21);/q;;+2/p-2. The zero-order valence-corrected chi connectivity index (χ0v) is 29.2. The molecule has 47 heavy (non-hydrogen) atoms. The van der Waals surface area contributed by atoms with Crippen molar-refractivity contribution in [3.63, 3.8) is 0 Å². The predicted octanol–water partition coefficient (Wildman–Crippen LogP) is 5.43. The van der Waals surface area contributed by atoms with Gasteiger partial charge in [0.2, 0.25) is 0 Å². The molecule has 0 radical (unpaired) electrons. The number of carboxylic acids is 2. The minimum Gasteiger partial charge on any atom is -0.545 e. The Bertz CT molecular complexity index is 1600. The number of para-hydroxylation sites is 2. The zero-order chi connectivity index (χ0) is 32.8. The van der Waals surface area contributed by atoms with Crippen LogP contribution in [0.5, 0.6) is 23.0 Å². The Morgan fingerprint density at radius 2 is 1.00 bits per heavy atom. The van der Waals surface area contributed by atoms with Crippen LogP contribution in [-0.2, 0) is 56.2 Å². The first-order chi connectivity index (χ1) is 22.1. The van der Waals surface area contributed by atoms with Crippen LogP contribution in [0.2, 0.25) is 0 Å². The number of carbonyl (C=O) groups excluding carboxylic acids is 2. The monoisotopic (exact) mass is 817 g/mol. The summed E-state index contributed by atoms with van der Waals surface area (Å²) in [7, 11) is 0. The quantitative estimate of drug-likeness (QED) is 0.180. The van der Waals surface area contributed by atoms with Crippen LogP contribution in [0.15, 0.2) is 72.8 Å². The fraction of sp³-hybridized carbons (Fsp3) is 0.316. The summed E-state index contributed by atoms with van der Waals surface area (Å²) >= 11 is 0. The molecular weight excluding hydrogens is 779 g/mol.